The smallest absolute Gasteiger partial charge is 0.259 e. The number of rotatable bonds is 4. The van der Waals surface area contributed by atoms with Gasteiger partial charge in [0.05, 0.1) is 10.9 Å². The van der Waals surface area contributed by atoms with E-state index in [2.05, 4.69) is 20.9 Å². The summed E-state index contributed by atoms with van der Waals surface area (Å²) in [5.74, 6) is 0.825. The summed E-state index contributed by atoms with van der Waals surface area (Å²) in [6, 6.07) is 8.07. The van der Waals surface area contributed by atoms with Crippen LogP contribution in [0, 0.1) is 12.8 Å². The van der Waals surface area contributed by atoms with Crippen LogP contribution in [0.5, 0.6) is 0 Å². The number of hydrogen-bond donors (Lipinski definition) is 1. The lowest BCUT2D eigenvalue weighted by atomic mass is 9.95. The summed E-state index contributed by atoms with van der Waals surface area (Å²) in [5.41, 5.74) is 3.30. The van der Waals surface area contributed by atoms with E-state index >= 15 is 0 Å². The highest BCUT2D eigenvalue weighted by Gasteiger charge is 2.26. The van der Waals surface area contributed by atoms with E-state index in [9.17, 15) is 9.59 Å². The summed E-state index contributed by atoms with van der Waals surface area (Å²) in [4.78, 5) is 41.4. The highest BCUT2D eigenvalue weighted by Crippen LogP contribution is 2.26. The molecule has 1 aliphatic rings. The van der Waals surface area contributed by atoms with Crippen LogP contribution in [0.1, 0.15) is 24.0 Å². The third-order valence-electron chi connectivity index (χ3n) is 6.42. The second kappa shape index (κ2) is 8.68. The van der Waals surface area contributed by atoms with Crippen LogP contribution >= 0.6 is 11.3 Å². The largest absolute Gasteiger partial charge is 0.349 e. The molecule has 1 N–H and O–H groups in total. The van der Waals surface area contributed by atoms with Gasteiger partial charge >= 0.3 is 0 Å². The number of likely N-dealkylation sites (tertiary alicyclic amines) is 1. The molecule has 0 unspecified atom stereocenters. The number of benzene rings is 1. The number of piperidine rings is 1. The Morgan fingerprint density at radius 2 is 2.03 bits per heavy atom. The van der Waals surface area contributed by atoms with Crippen LogP contribution < -0.4 is 5.56 Å². The molecule has 1 aromatic carbocycles. The number of fused-ring (bicyclic) bond motifs is 2. The van der Waals surface area contributed by atoms with Gasteiger partial charge in [0.1, 0.15) is 5.69 Å². The van der Waals surface area contributed by atoms with Crippen molar-refractivity contribution in [2.24, 2.45) is 5.92 Å². The first-order valence-corrected chi connectivity index (χ1v) is 12.1. The molecule has 5 rings (SSSR count). The Hall–Kier alpha value is -3.10. The molecule has 0 spiro atoms. The number of carbonyl (C=O) groups is 1. The molecule has 33 heavy (non-hydrogen) atoms. The Kier molecular flexibility index (Phi) is 5.72. The van der Waals surface area contributed by atoms with Crippen LogP contribution in [0.4, 0.5) is 0 Å². The molecule has 0 bridgehead atoms. The summed E-state index contributed by atoms with van der Waals surface area (Å²) < 4.78 is 1.12. The van der Waals surface area contributed by atoms with Crippen molar-refractivity contribution < 1.29 is 4.79 Å². The van der Waals surface area contributed by atoms with Gasteiger partial charge in [0.2, 0.25) is 5.91 Å². The molecule has 4 heterocycles. The number of aromatic nitrogens is 3. The molecule has 0 radical (unpaired) electrons. The molecule has 1 aliphatic heterocycles. The summed E-state index contributed by atoms with van der Waals surface area (Å²) >= 11 is 1.64. The fraction of sp³-hybridized carbons (Fsp3) is 0.360. The number of hydrogen-bond acceptors (Lipinski definition) is 6. The van der Waals surface area contributed by atoms with Gasteiger partial charge in [0.25, 0.3) is 5.56 Å². The third kappa shape index (κ3) is 4.28. The average Bonchev–Trinajstić information content (AvgIpc) is 3.27. The van der Waals surface area contributed by atoms with Crippen LogP contribution in [0.3, 0.4) is 0 Å². The molecule has 8 heteroatoms. The molecule has 1 fully saturated rings. The Balaban J connectivity index is 1.39. The maximum Gasteiger partial charge on any atom is 0.259 e. The van der Waals surface area contributed by atoms with Crippen molar-refractivity contribution >= 4 is 38.2 Å². The van der Waals surface area contributed by atoms with Gasteiger partial charge in [-0.1, -0.05) is 6.07 Å². The van der Waals surface area contributed by atoms with Crippen LogP contribution in [0.2, 0.25) is 0 Å². The lowest BCUT2D eigenvalue weighted by Crippen LogP contribution is -2.39. The van der Waals surface area contributed by atoms with E-state index in [1.54, 1.807) is 16.2 Å². The number of aryl methyl sites for hydroxylation is 1. The van der Waals surface area contributed by atoms with E-state index < -0.39 is 0 Å². The van der Waals surface area contributed by atoms with Crippen LogP contribution in [0.25, 0.3) is 32.5 Å². The monoisotopic (exact) mass is 461 g/mol. The van der Waals surface area contributed by atoms with Gasteiger partial charge < -0.3 is 9.88 Å². The number of H-pyrrole nitrogens is 1. The lowest BCUT2D eigenvalue weighted by Gasteiger charge is -2.32. The lowest BCUT2D eigenvalue weighted by molar-refractivity contribution is -0.134. The number of nitrogens with one attached hydrogen (secondary N) is 1. The maximum absolute atomic E-state index is 13.0. The van der Waals surface area contributed by atoms with E-state index in [1.807, 2.05) is 50.8 Å². The zero-order chi connectivity index (χ0) is 23.1. The van der Waals surface area contributed by atoms with Crippen LogP contribution in [-0.4, -0.2) is 57.8 Å². The van der Waals surface area contributed by atoms with Gasteiger partial charge in [-0.3, -0.25) is 19.5 Å². The number of pyridine rings is 1. The highest BCUT2D eigenvalue weighted by molar-refractivity contribution is 7.17. The second-order valence-electron chi connectivity index (χ2n) is 9.03. The second-order valence-corrected chi connectivity index (χ2v) is 9.98. The minimum Gasteiger partial charge on any atom is -0.349 e. The molecular weight excluding hydrogens is 434 g/mol. The predicted molar refractivity (Wildman–Crippen MR) is 132 cm³/mol. The summed E-state index contributed by atoms with van der Waals surface area (Å²) in [6.07, 6.45) is 3.56. The Labute approximate surface area is 196 Å². The van der Waals surface area contributed by atoms with Gasteiger partial charge in [-0.05, 0) is 67.6 Å². The molecule has 7 nitrogen and oxygen atoms in total. The molecule has 0 atom stereocenters. The van der Waals surface area contributed by atoms with Crippen molar-refractivity contribution in [1.29, 1.82) is 0 Å². The molecule has 170 valence electrons. The number of amides is 1. The van der Waals surface area contributed by atoms with Crippen LogP contribution in [-0.2, 0) is 11.3 Å². The Morgan fingerprint density at radius 1 is 1.24 bits per heavy atom. The van der Waals surface area contributed by atoms with Gasteiger partial charge in [-0.25, -0.2) is 4.98 Å². The number of aromatic amines is 1. The average molecular weight is 462 g/mol. The normalized spacial score (nSPS) is 15.4. The molecule has 0 aliphatic carbocycles. The molecule has 0 saturated carbocycles. The van der Waals surface area contributed by atoms with Crippen molar-refractivity contribution in [2.75, 3.05) is 27.2 Å². The molecule has 1 saturated heterocycles. The van der Waals surface area contributed by atoms with Gasteiger partial charge in [-0.15, -0.1) is 11.3 Å². The SMILES string of the molecule is Cc1cc(CN2CCC(C(=O)N(C)C)CC2)cc2c(=O)[nH]c(-c3cc4sccc4cn3)nc12. The minimum absolute atomic E-state index is 0.113. The number of nitrogens with zero attached hydrogens (tertiary/aromatic N) is 4. The Morgan fingerprint density at radius 3 is 2.79 bits per heavy atom. The fourth-order valence-electron chi connectivity index (χ4n) is 4.65. The maximum atomic E-state index is 13.0. The highest BCUT2D eigenvalue weighted by atomic mass is 32.1. The topological polar surface area (TPSA) is 82.2 Å². The zero-order valence-corrected chi connectivity index (χ0v) is 19.9. The summed E-state index contributed by atoms with van der Waals surface area (Å²) in [7, 11) is 3.64. The quantitative estimate of drug-likeness (QED) is 0.500. The van der Waals surface area contributed by atoms with Crippen molar-refractivity contribution in [2.45, 2.75) is 26.3 Å². The third-order valence-corrected chi connectivity index (χ3v) is 7.30. The van der Waals surface area contributed by atoms with Crippen molar-refractivity contribution in [3.05, 3.63) is 57.3 Å². The van der Waals surface area contributed by atoms with Gasteiger partial charge in [-0.2, -0.15) is 0 Å². The van der Waals surface area contributed by atoms with E-state index in [0.29, 0.717) is 22.4 Å². The van der Waals surface area contributed by atoms with Crippen molar-refractivity contribution in [1.82, 2.24) is 24.8 Å². The van der Waals surface area contributed by atoms with E-state index in [0.717, 1.165) is 53.7 Å². The molecule has 3 aromatic heterocycles. The Bertz CT molecular complexity index is 1400. The first kappa shape index (κ1) is 21.7. The number of carbonyl (C=O) groups excluding carboxylic acids is 1. The van der Waals surface area contributed by atoms with E-state index in [-0.39, 0.29) is 17.4 Å². The van der Waals surface area contributed by atoms with Crippen LogP contribution in [0.15, 0.2) is 40.6 Å². The van der Waals surface area contributed by atoms with Crippen molar-refractivity contribution in [3.8, 4) is 11.5 Å². The summed E-state index contributed by atoms with van der Waals surface area (Å²) in [5, 5.41) is 3.72. The molecule has 1 amide bonds. The van der Waals surface area contributed by atoms with Gasteiger partial charge in [0, 0.05) is 42.8 Å². The first-order valence-electron chi connectivity index (χ1n) is 11.2. The van der Waals surface area contributed by atoms with E-state index in [4.69, 9.17) is 4.98 Å². The zero-order valence-electron chi connectivity index (χ0n) is 19.1. The predicted octanol–water partition coefficient (Wildman–Crippen LogP) is 3.81. The minimum atomic E-state index is -0.150. The molecule has 4 aromatic rings. The van der Waals surface area contributed by atoms with E-state index in [1.165, 1.54) is 0 Å². The summed E-state index contributed by atoms with van der Waals surface area (Å²) in [6.45, 7) is 4.52. The standard InChI is InChI=1S/C25H27N5O2S/c1-15-10-16(14-30-7-4-17(5-8-30)25(32)29(2)3)11-19-22(15)27-23(28-24(19)31)20-12-21-18(13-26-20)6-9-33-21/h6,9-13,17H,4-5,7-8,14H2,1-3H3,(H,27,28,31). The van der Waals surface area contributed by atoms with Gasteiger partial charge in [0.15, 0.2) is 5.82 Å². The fourth-order valence-corrected chi connectivity index (χ4v) is 5.45. The molecular formula is C25H27N5O2S. The van der Waals surface area contributed by atoms with Crippen molar-refractivity contribution in [3.63, 3.8) is 0 Å². The first-order chi connectivity index (χ1) is 15.9. The number of thiophene rings is 1.